The Bertz CT molecular complexity index is 598. The normalized spacial score (nSPS) is 9.90. The van der Waals surface area contributed by atoms with Crippen molar-refractivity contribution in [2.45, 2.75) is 0 Å². The van der Waals surface area contributed by atoms with E-state index >= 15 is 0 Å². The summed E-state index contributed by atoms with van der Waals surface area (Å²) in [6, 6.07) is 13.6. The summed E-state index contributed by atoms with van der Waals surface area (Å²) >= 11 is 4.15. The lowest BCUT2D eigenvalue weighted by atomic mass is 10.2. The Morgan fingerprint density at radius 2 is 1.15 bits per heavy atom. The maximum Gasteiger partial charge on any atom is 0.386 e. The molecule has 0 saturated heterocycles. The number of halogens is 2. The number of carbonyl (C=O) groups is 2. The predicted octanol–water partition coefficient (Wildman–Crippen LogP) is 3.82. The fourth-order valence-corrected chi connectivity index (χ4v) is 2.49. The van der Waals surface area contributed by atoms with Crippen LogP contribution in [0.1, 0.15) is 20.7 Å². The molecule has 0 aliphatic rings. The Labute approximate surface area is 142 Å². The second-order valence-corrected chi connectivity index (χ2v) is 6.25. The van der Waals surface area contributed by atoms with Crippen molar-refractivity contribution in [3.8, 4) is 0 Å². The summed E-state index contributed by atoms with van der Waals surface area (Å²) in [7, 11) is 0. The molecule has 0 radical (unpaired) electrons. The van der Waals surface area contributed by atoms with Crippen molar-refractivity contribution in [2.75, 3.05) is 0 Å². The van der Waals surface area contributed by atoms with Crippen molar-refractivity contribution in [1.29, 1.82) is 0 Å². The van der Waals surface area contributed by atoms with Gasteiger partial charge in [-0.15, -0.1) is 0 Å². The highest BCUT2D eigenvalue weighted by atomic mass is 127. The van der Waals surface area contributed by atoms with Crippen LogP contribution in [-0.4, -0.2) is 11.9 Å². The minimum absolute atomic E-state index is 0.326. The lowest BCUT2D eigenvalue weighted by Crippen LogP contribution is -2.12. The van der Waals surface area contributed by atoms with Crippen molar-refractivity contribution in [3.05, 3.63) is 66.8 Å². The van der Waals surface area contributed by atoms with Crippen molar-refractivity contribution in [3.63, 3.8) is 0 Å². The van der Waals surface area contributed by atoms with E-state index in [-0.39, 0.29) is 0 Å². The first kappa shape index (κ1) is 15.2. The minimum Gasteiger partial charge on any atom is -0.242 e. The molecule has 20 heavy (non-hydrogen) atoms. The van der Waals surface area contributed by atoms with Gasteiger partial charge in [0.1, 0.15) is 0 Å². The molecule has 0 spiro atoms. The molecule has 0 amide bonds. The lowest BCUT2D eigenvalue weighted by Gasteiger charge is -2.04. The highest BCUT2D eigenvalue weighted by Crippen LogP contribution is 2.11. The molecule has 2 aromatic rings. The van der Waals surface area contributed by atoms with Gasteiger partial charge in [0.25, 0.3) is 0 Å². The molecule has 0 bridgehead atoms. The molecule has 0 N–H and O–H groups in total. The van der Waals surface area contributed by atoms with E-state index in [9.17, 15) is 9.59 Å². The van der Waals surface area contributed by atoms with E-state index in [2.05, 4.69) is 55.0 Å². The molecule has 0 aromatic heterocycles. The number of rotatable bonds is 2. The Hall–Kier alpha value is -1.16. The van der Waals surface area contributed by atoms with E-state index in [1.807, 2.05) is 12.1 Å². The van der Waals surface area contributed by atoms with E-state index in [0.717, 1.165) is 7.14 Å². The zero-order chi connectivity index (χ0) is 14.5. The van der Waals surface area contributed by atoms with Crippen LogP contribution in [0.2, 0.25) is 0 Å². The zero-order valence-corrected chi connectivity index (χ0v) is 14.3. The second kappa shape index (κ2) is 7.02. The molecule has 2 rings (SSSR count). The van der Waals surface area contributed by atoms with E-state index in [1.54, 1.807) is 36.4 Å². The van der Waals surface area contributed by atoms with E-state index in [0.29, 0.717) is 11.1 Å². The van der Waals surface area contributed by atoms with Gasteiger partial charge in [-0.05, 0) is 81.6 Å². The Balaban J connectivity index is 1.98. The maximum atomic E-state index is 11.7. The van der Waals surface area contributed by atoms with Crippen LogP contribution in [0.15, 0.2) is 48.5 Å². The predicted molar refractivity (Wildman–Crippen MR) is 89.1 cm³/mol. The van der Waals surface area contributed by atoms with Gasteiger partial charge in [0.05, 0.1) is 11.1 Å². The van der Waals surface area contributed by atoms with Crippen LogP contribution in [0.4, 0.5) is 0 Å². The van der Waals surface area contributed by atoms with E-state index < -0.39 is 11.9 Å². The zero-order valence-electron chi connectivity index (χ0n) is 10.0. The Morgan fingerprint density at radius 1 is 0.750 bits per heavy atom. The molecular weight excluding hydrogens is 486 g/mol. The summed E-state index contributed by atoms with van der Waals surface area (Å²) in [5, 5.41) is 0. The molecule has 0 aliphatic heterocycles. The van der Waals surface area contributed by atoms with Crippen LogP contribution >= 0.6 is 45.2 Å². The smallest absolute Gasteiger partial charge is 0.242 e. The maximum absolute atomic E-state index is 11.7. The van der Waals surface area contributed by atoms with Crippen molar-refractivity contribution in [2.24, 2.45) is 0 Å². The van der Waals surface area contributed by atoms with Gasteiger partial charge in [0, 0.05) is 7.14 Å². The average molecular weight is 494 g/mol. The summed E-state index contributed by atoms with van der Waals surface area (Å²) in [6.07, 6.45) is 0. The lowest BCUT2D eigenvalue weighted by molar-refractivity contribution is -0.187. The molecular formula is C14H8I2O4. The molecule has 2 aromatic carbocycles. The first-order chi connectivity index (χ1) is 9.56. The van der Waals surface area contributed by atoms with E-state index in [4.69, 9.17) is 0 Å². The number of hydrogen-bond acceptors (Lipinski definition) is 4. The van der Waals surface area contributed by atoms with Gasteiger partial charge in [-0.2, -0.15) is 0 Å². The summed E-state index contributed by atoms with van der Waals surface area (Å²) < 4.78 is 1.78. The molecule has 0 atom stereocenters. The monoisotopic (exact) mass is 494 g/mol. The minimum atomic E-state index is -0.706. The molecule has 0 heterocycles. The molecule has 4 nitrogen and oxygen atoms in total. The largest absolute Gasteiger partial charge is 0.386 e. The first-order valence-corrected chi connectivity index (χ1v) is 7.66. The van der Waals surface area contributed by atoms with Gasteiger partial charge in [-0.3, -0.25) is 0 Å². The summed E-state index contributed by atoms with van der Waals surface area (Å²) in [4.78, 5) is 32.5. The summed E-state index contributed by atoms with van der Waals surface area (Å²) in [5.41, 5.74) is 0.652. The van der Waals surface area contributed by atoms with Crippen LogP contribution in [-0.2, 0) is 9.78 Å². The van der Waals surface area contributed by atoms with Gasteiger partial charge in [-0.1, -0.05) is 12.1 Å². The Kier molecular flexibility index (Phi) is 5.35. The first-order valence-electron chi connectivity index (χ1n) is 5.50. The van der Waals surface area contributed by atoms with Crippen molar-refractivity contribution in [1.82, 2.24) is 0 Å². The van der Waals surface area contributed by atoms with Crippen molar-refractivity contribution >= 4 is 57.1 Å². The van der Waals surface area contributed by atoms with E-state index in [1.165, 1.54) is 0 Å². The fraction of sp³-hybridized carbons (Fsp3) is 0. The second-order valence-electron chi connectivity index (χ2n) is 3.76. The standard InChI is InChI=1S/C14H8I2O4/c15-11-5-1-3-9(7-11)13(17)19-20-14(18)10-4-2-6-12(16)8-10/h1-8H. The molecule has 0 aliphatic carbocycles. The SMILES string of the molecule is O=C(OOC(=O)c1cccc(I)c1)c1cccc(I)c1. The van der Waals surface area contributed by atoms with Gasteiger partial charge >= 0.3 is 11.9 Å². The van der Waals surface area contributed by atoms with Crippen LogP contribution in [0, 0.1) is 7.14 Å². The third-order valence-electron chi connectivity index (χ3n) is 2.31. The summed E-state index contributed by atoms with van der Waals surface area (Å²) in [6.45, 7) is 0. The van der Waals surface area contributed by atoms with Gasteiger partial charge < -0.3 is 0 Å². The topological polar surface area (TPSA) is 52.6 Å². The van der Waals surface area contributed by atoms with Gasteiger partial charge in [0.2, 0.25) is 0 Å². The molecule has 0 fully saturated rings. The third-order valence-corrected chi connectivity index (χ3v) is 3.66. The Morgan fingerprint density at radius 3 is 1.50 bits per heavy atom. The van der Waals surface area contributed by atoms with Gasteiger partial charge in [0.15, 0.2) is 0 Å². The fourth-order valence-electron chi connectivity index (χ4n) is 1.40. The molecule has 6 heteroatoms. The van der Waals surface area contributed by atoms with Crippen LogP contribution in [0.3, 0.4) is 0 Å². The molecule has 0 unspecified atom stereocenters. The van der Waals surface area contributed by atoms with Crippen LogP contribution in [0.25, 0.3) is 0 Å². The third kappa shape index (κ3) is 4.17. The number of benzene rings is 2. The quantitative estimate of drug-likeness (QED) is 0.362. The number of hydrogen-bond donors (Lipinski definition) is 0. The highest BCUT2D eigenvalue weighted by molar-refractivity contribution is 14.1. The van der Waals surface area contributed by atoms with Crippen molar-refractivity contribution < 1.29 is 19.4 Å². The highest BCUT2D eigenvalue weighted by Gasteiger charge is 2.14. The number of carbonyl (C=O) groups excluding carboxylic acids is 2. The van der Waals surface area contributed by atoms with Crippen LogP contribution < -0.4 is 0 Å². The molecule has 102 valence electrons. The van der Waals surface area contributed by atoms with Crippen LogP contribution in [0.5, 0.6) is 0 Å². The van der Waals surface area contributed by atoms with Gasteiger partial charge in [-0.25, -0.2) is 19.4 Å². The summed E-state index contributed by atoms with van der Waals surface area (Å²) in [5.74, 6) is -1.41. The average Bonchev–Trinajstić information content (AvgIpc) is 2.44. The molecule has 0 saturated carbocycles.